The number of nitrogens with zero attached hydrogens (tertiary/aromatic N) is 2. The zero-order valence-corrected chi connectivity index (χ0v) is 15.3. The summed E-state index contributed by atoms with van der Waals surface area (Å²) in [5, 5.41) is 26.7. The van der Waals surface area contributed by atoms with Gasteiger partial charge in [0.1, 0.15) is 11.3 Å². The normalized spacial score (nSPS) is 11.5. The summed E-state index contributed by atoms with van der Waals surface area (Å²) in [6.45, 7) is 1.74. The van der Waals surface area contributed by atoms with Gasteiger partial charge < -0.3 is 15.6 Å². The fraction of sp³-hybridized carbons (Fsp3) is 0.0435. The first-order chi connectivity index (χ1) is 13.7. The molecule has 138 valence electrons. The number of pyridine rings is 1. The third kappa shape index (κ3) is 3.38. The molecule has 0 unspecified atom stereocenters. The Labute approximate surface area is 162 Å². The van der Waals surface area contributed by atoms with Gasteiger partial charge in [0.15, 0.2) is 0 Å². The summed E-state index contributed by atoms with van der Waals surface area (Å²) in [5.41, 5.74) is 5.42. The standard InChI is InChI=1S/C23H19N3O2/c1-15(26-28)16-10-12-18(13-11-16)24-21-14-20(17-6-3-2-4-7-17)25-23-19(21)8-5-9-22(23)27/h2-14,27-28H,1H3,(H,24,25)/b26-15+. The maximum absolute atomic E-state index is 10.3. The van der Waals surface area contributed by atoms with E-state index in [1.165, 1.54) is 0 Å². The molecule has 0 saturated carbocycles. The van der Waals surface area contributed by atoms with E-state index in [2.05, 4.69) is 15.5 Å². The molecular formula is C23H19N3O2. The first-order valence-electron chi connectivity index (χ1n) is 8.90. The first kappa shape index (κ1) is 17.5. The minimum atomic E-state index is 0.142. The summed E-state index contributed by atoms with van der Waals surface area (Å²) < 4.78 is 0. The van der Waals surface area contributed by atoms with Gasteiger partial charge in [-0.05, 0) is 36.8 Å². The van der Waals surface area contributed by atoms with Crippen molar-refractivity contribution in [2.24, 2.45) is 5.16 Å². The van der Waals surface area contributed by atoms with Crippen LogP contribution in [-0.2, 0) is 0 Å². The number of oxime groups is 1. The smallest absolute Gasteiger partial charge is 0.141 e. The van der Waals surface area contributed by atoms with Crippen LogP contribution in [0.2, 0.25) is 0 Å². The average Bonchev–Trinajstić information content (AvgIpc) is 2.75. The molecule has 1 aromatic heterocycles. The fourth-order valence-electron chi connectivity index (χ4n) is 3.10. The second-order valence-corrected chi connectivity index (χ2v) is 6.48. The Morgan fingerprint density at radius 1 is 0.929 bits per heavy atom. The van der Waals surface area contributed by atoms with Crippen LogP contribution in [0, 0.1) is 0 Å². The lowest BCUT2D eigenvalue weighted by Gasteiger charge is -2.13. The molecule has 0 aliphatic rings. The third-order valence-electron chi connectivity index (χ3n) is 4.62. The van der Waals surface area contributed by atoms with Crippen molar-refractivity contribution in [3.8, 4) is 17.0 Å². The van der Waals surface area contributed by atoms with Crippen molar-refractivity contribution in [2.45, 2.75) is 6.92 Å². The summed E-state index contributed by atoms with van der Waals surface area (Å²) in [6, 6.07) is 24.8. The van der Waals surface area contributed by atoms with Gasteiger partial charge in [-0.15, -0.1) is 0 Å². The molecular weight excluding hydrogens is 350 g/mol. The van der Waals surface area contributed by atoms with E-state index in [9.17, 15) is 5.11 Å². The highest BCUT2D eigenvalue weighted by Gasteiger charge is 2.11. The monoisotopic (exact) mass is 369 g/mol. The van der Waals surface area contributed by atoms with Gasteiger partial charge in [-0.2, -0.15) is 0 Å². The van der Waals surface area contributed by atoms with E-state index in [4.69, 9.17) is 5.21 Å². The summed E-state index contributed by atoms with van der Waals surface area (Å²) in [4.78, 5) is 4.66. The summed E-state index contributed by atoms with van der Waals surface area (Å²) >= 11 is 0. The number of rotatable bonds is 4. The van der Waals surface area contributed by atoms with Crippen LogP contribution >= 0.6 is 0 Å². The van der Waals surface area contributed by atoms with Gasteiger partial charge in [0, 0.05) is 16.6 Å². The molecule has 0 aliphatic carbocycles. The van der Waals surface area contributed by atoms with Gasteiger partial charge in [0.05, 0.1) is 17.1 Å². The molecule has 0 saturated heterocycles. The number of hydrogen-bond acceptors (Lipinski definition) is 5. The molecule has 3 N–H and O–H groups in total. The van der Waals surface area contributed by atoms with Crippen molar-refractivity contribution in [3.05, 3.63) is 84.4 Å². The van der Waals surface area contributed by atoms with Crippen LogP contribution in [0.15, 0.2) is 84.0 Å². The SMILES string of the molecule is C/C(=N\O)c1ccc(Nc2cc(-c3ccccc3)nc3c(O)cccc23)cc1. The molecule has 0 amide bonds. The summed E-state index contributed by atoms with van der Waals surface area (Å²) in [7, 11) is 0. The van der Waals surface area contributed by atoms with E-state index < -0.39 is 0 Å². The molecule has 0 radical (unpaired) electrons. The predicted molar refractivity (Wildman–Crippen MR) is 113 cm³/mol. The molecule has 5 nitrogen and oxygen atoms in total. The van der Waals surface area contributed by atoms with Crippen molar-refractivity contribution in [2.75, 3.05) is 5.32 Å². The first-order valence-corrected chi connectivity index (χ1v) is 8.90. The largest absolute Gasteiger partial charge is 0.506 e. The van der Waals surface area contributed by atoms with E-state index in [0.29, 0.717) is 11.2 Å². The number of hydrogen-bond donors (Lipinski definition) is 3. The van der Waals surface area contributed by atoms with E-state index in [1.807, 2.05) is 66.7 Å². The number of para-hydroxylation sites is 1. The Hall–Kier alpha value is -3.86. The number of benzene rings is 3. The Morgan fingerprint density at radius 3 is 2.39 bits per heavy atom. The molecule has 0 atom stereocenters. The Balaban J connectivity index is 1.80. The van der Waals surface area contributed by atoms with E-state index in [1.54, 1.807) is 19.1 Å². The van der Waals surface area contributed by atoms with Gasteiger partial charge in [0.25, 0.3) is 0 Å². The average molecular weight is 369 g/mol. The lowest BCUT2D eigenvalue weighted by molar-refractivity contribution is 0.319. The zero-order valence-electron chi connectivity index (χ0n) is 15.3. The Bertz CT molecular complexity index is 1150. The predicted octanol–water partition coefficient (Wildman–Crippen LogP) is 5.55. The van der Waals surface area contributed by atoms with Crippen molar-refractivity contribution in [1.82, 2.24) is 4.98 Å². The summed E-state index contributed by atoms with van der Waals surface area (Å²) in [6.07, 6.45) is 0. The van der Waals surface area contributed by atoms with Crippen molar-refractivity contribution in [3.63, 3.8) is 0 Å². The number of fused-ring (bicyclic) bond motifs is 1. The van der Waals surface area contributed by atoms with Gasteiger partial charge >= 0.3 is 0 Å². The van der Waals surface area contributed by atoms with Crippen LogP contribution in [0.5, 0.6) is 5.75 Å². The molecule has 0 aliphatic heterocycles. The molecule has 4 rings (SSSR count). The molecule has 0 fully saturated rings. The quantitative estimate of drug-likeness (QED) is 0.250. The van der Waals surface area contributed by atoms with Crippen molar-refractivity contribution < 1.29 is 10.3 Å². The molecule has 5 heteroatoms. The second kappa shape index (κ2) is 7.40. The molecule has 0 bridgehead atoms. The van der Waals surface area contributed by atoms with Gasteiger partial charge in [-0.3, -0.25) is 0 Å². The zero-order chi connectivity index (χ0) is 19.5. The summed E-state index contributed by atoms with van der Waals surface area (Å²) in [5.74, 6) is 0.142. The minimum Gasteiger partial charge on any atom is -0.506 e. The highest BCUT2D eigenvalue weighted by atomic mass is 16.4. The molecule has 3 aromatic carbocycles. The fourth-order valence-corrected chi connectivity index (χ4v) is 3.10. The van der Waals surface area contributed by atoms with Crippen LogP contribution in [0.4, 0.5) is 11.4 Å². The van der Waals surface area contributed by atoms with E-state index >= 15 is 0 Å². The van der Waals surface area contributed by atoms with Crippen LogP contribution in [-0.4, -0.2) is 21.0 Å². The highest BCUT2D eigenvalue weighted by molar-refractivity contribution is 6.00. The van der Waals surface area contributed by atoms with Crippen LogP contribution < -0.4 is 5.32 Å². The Kier molecular flexibility index (Phi) is 4.64. The second-order valence-electron chi connectivity index (χ2n) is 6.48. The third-order valence-corrected chi connectivity index (χ3v) is 4.62. The molecule has 1 heterocycles. The number of phenols is 1. The topological polar surface area (TPSA) is 77.7 Å². The van der Waals surface area contributed by atoms with Crippen LogP contribution in [0.3, 0.4) is 0 Å². The molecule has 4 aromatic rings. The lowest BCUT2D eigenvalue weighted by Crippen LogP contribution is -1.97. The van der Waals surface area contributed by atoms with Crippen LogP contribution in [0.25, 0.3) is 22.2 Å². The number of aromatic nitrogens is 1. The van der Waals surface area contributed by atoms with Gasteiger partial charge in [-0.25, -0.2) is 4.98 Å². The van der Waals surface area contributed by atoms with E-state index in [0.717, 1.165) is 33.6 Å². The minimum absolute atomic E-state index is 0.142. The lowest BCUT2D eigenvalue weighted by atomic mass is 10.1. The van der Waals surface area contributed by atoms with Gasteiger partial charge in [-0.1, -0.05) is 59.8 Å². The van der Waals surface area contributed by atoms with Crippen molar-refractivity contribution in [1.29, 1.82) is 0 Å². The maximum atomic E-state index is 10.3. The number of phenolic OH excluding ortho intramolecular Hbond substituents is 1. The molecule has 28 heavy (non-hydrogen) atoms. The van der Waals surface area contributed by atoms with Gasteiger partial charge in [0.2, 0.25) is 0 Å². The highest BCUT2D eigenvalue weighted by Crippen LogP contribution is 2.34. The van der Waals surface area contributed by atoms with Crippen molar-refractivity contribution >= 4 is 28.0 Å². The number of aromatic hydroxyl groups is 1. The maximum Gasteiger partial charge on any atom is 0.141 e. The van der Waals surface area contributed by atoms with Crippen LogP contribution in [0.1, 0.15) is 12.5 Å². The van der Waals surface area contributed by atoms with E-state index in [-0.39, 0.29) is 5.75 Å². The Morgan fingerprint density at radius 2 is 1.68 bits per heavy atom. The number of nitrogens with one attached hydrogen (secondary N) is 1. The molecule has 0 spiro atoms. The number of anilines is 2.